The SMILES string of the molecule is CNCCCC(C)N1C(=O)CCC1=O. The van der Waals surface area contributed by atoms with Gasteiger partial charge in [0.2, 0.25) is 11.8 Å². The van der Waals surface area contributed by atoms with E-state index in [0.29, 0.717) is 12.8 Å². The van der Waals surface area contributed by atoms with Crippen molar-refractivity contribution >= 4 is 11.8 Å². The van der Waals surface area contributed by atoms with Gasteiger partial charge in [0, 0.05) is 18.9 Å². The zero-order chi connectivity index (χ0) is 10.6. The highest BCUT2D eigenvalue weighted by Gasteiger charge is 2.32. The molecule has 1 aliphatic rings. The van der Waals surface area contributed by atoms with Crippen molar-refractivity contribution in [3.8, 4) is 0 Å². The van der Waals surface area contributed by atoms with E-state index in [4.69, 9.17) is 0 Å². The van der Waals surface area contributed by atoms with E-state index in [1.807, 2.05) is 14.0 Å². The number of imide groups is 1. The Morgan fingerprint density at radius 2 is 1.93 bits per heavy atom. The maximum absolute atomic E-state index is 11.3. The zero-order valence-corrected chi connectivity index (χ0v) is 8.88. The van der Waals surface area contributed by atoms with E-state index < -0.39 is 0 Å². The highest BCUT2D eigenvalue weighted by atomic mass is 16.2. The van der Waals surface area contributed by atoms with Crippen molar-refractivity contribution in [3.63, 3.8) is 0 Å². The number of nitrogens with one attached hydrogen (secondary N) is 1. The van der Waals surface area contributed by atoms with Gasteiger partial charge in [0.25, 0.3) is 0 Å². The molecule has 0 aromatic carbocycles. The lowest BCUT2D eigenvalue weighted by atomic mass is 10.1. The summed E-state index contributed by atoms with van der Waals surface area (Å²) in [6.45, 7) is 2.87. The largest absolute Gasteiger partial charge is 0.320 e. The van der Waals surface area contributed by atoms with Gasteiger partial charge in [-0.15, -0.1) is 0 Å². The maximum atomic E-state index is 11.3. The molecular weight excluding hydrogens is 180 g/mol. The highest BCUT2D eigenvalue weighted by Crippen LogP contribution is 2.17. The van der Waals surface area contributed by atoms with Gasteiger partial charge in [0.15, 0.2) is 0 Å². The van der Waals surface area contributed by atoms with Crippen LogP contribution in [-0.4, -0.2) is 36.3 Å². The fourth-order valence-electron chi connectivity index (χ4n) is 1.79. The molecule has 1 atom stereocenters. The van der Waals surface area contributed by atoms with Crippen molar-refractivity contribution in [1.82, 2.24) is 10.2 Å². The van der Waals surface area contributed by atoms with Crippen molar-refractivity contribution in [1.29, 1.82) is 0 Å². The number of carbonyl (C=O) groups excluding carboxylic acids is 2. The van der Waals surface area contributed by atoms with Gasteiger partial charge in [-0.2, -0.15) is 0 Å². The van der Waals surface area contributed by atoms with E-state index in [0.717, 1.165) is 19.4 Å². The van der Waals surface area contributed by atoms with Crippen LogP contribution in [0.4, 0.5) is 0 Å². The molecule has 0 spiro atoms. The molecule has 4 nitrogen and oxygen atoms in total. The van der Waals surface area contributed by atoms with Gasteiger partial charge in [-0.25, -0.2) is 0 Å². The van der Waals surface area contributed by atoms with Crippen molar-refractivity contribution < 1.29 is 9.59 Å². The lowest BCUT2D eigenvalue weighted by Gasteiger charge is -2.22. The molecule has 0 radical (unpaired) electrons. The van der Waals surface area contributed by atoms with Gasteiger partial charge in [-0.1, -0.05) is 0 Å². The Morgan fingerprint density at radius 1 is 1.36 bits per heavy atom. The average Bonchev–Trinajstić information content (AvgIpc) is 2.46. The van der Waals surface area contributed by atoms with E-state index in [9.17, 15) is 9.59 Å². The Balaban J connectivity index is 2.39. The van der Waals surface area contributed by atoms with Gasteiger partial charge in [0.1, 0.15) is 0 Å². The molecule has 0 aliphatic carbocycles. The summed E-state index contributed by atoms with van der Waals surface area (Å²) in [5.74, 6) is -0.0149. The van der Waals surface area contributed by atoms with Crippen LogP contribution in [0.2, 0.25) is 0 Å². The molecule has 1 saturated heterocycles. The van der Waals surface area contributed by atoms with E-state index in [2.05, 4.69) is 5.32 Å². The van der Waals surface area contributed by atoms with Crippen LogP contribution < -0.4 is 5.32 Å². The summed E-state index contributed by atoms with van der Waals surface area (Å²) >= 11 is 0. The minimum Gasteiger partial charge on any atom is -0.320 e. The summed E-state index contributed by atoms with van der Waals surface area (Å²) in [4.78, 5) is 24.1. The Hall–Kier alpha value is -0.900. The number of hydrogen-bond donors (Lipinski definition) is 1. The minimum absolute atomic E-state index is 0.00745. The molecule has 1 unspecified atom stereocenters. The van der Waals surface area contributed by atoms with Crippen LogP contribution in [0.3, 0.4) is 0 Å². The molecule has 0 aromatic heterocycles. The fourth-order valence-corrected chi connectivity index (χ4v) is 1.79. The quantitative estimate of drug-likeness (QED) is 0.517. The second-order valence-electron chi connectivity index (χ2n) is 3.75. The summed E-state index contributed by atoms with van der Waals surface area (Å²) in [5.41, 5.74) is 0. The second-order valence-corrected chi connectivity index (χ2v) is 3.75. The van der Waals surface area contributed by atoms with Crippen LogP contribution in [0.5, 0.6) is 0 Å². The Labute approximate surface area is 84.7 Å². The van der Waals surface area contributed by atoms with Crippen LogP contribution in [0.1, 0.15) is 32.6 Å². The van der Waals surface area contributed by atoms with Gasteiger partial charge in [-0.05, 0) is 33.4 Å². The maximum Gasteiger partial charge on any atom is 0.229 e. The van der Waals surface area contributed by atoms with Crippen molar-refractivity contribution in [2.24, 2.45) is 0 Å². The summed E-state index contributed by atoms with van der Waals surface area (Å²) in [6, 6.07) is 0.0610. The molecule has 1 heterocycles. The Kier molecular flexibility index (Phi) is 4.07. The molecule has 14 heavy (non-hydrogen) atoms. The van der Waals surface area contributed by atoms with E-state index >= 15 is 0 Å². The smallest absolute Gasteiger partial charge is 0.229 e. The second kappa shape index (κ2) is 5.10. The number of rotatable bonds is 5. The van der Waals surface area contributed by atoms with E-state index in [1.54, 1.807) is 0 Å². The van der Waals surface area contributed by atoms with Crippen LogP contribution in [0, 0.1) is 0 Å². The van der Waals surface area contributed by atoms with Gasteiger partial charge >= 0.3 is 0 Å². The van der Waals surface area contributed by atoms with Gasteiger partial charge < -0.3 is 5.32 Å². The first-order valence-electron chi connectivity index (χ1n) is 5.16. The summed E-state index contributed by atoms with van der Waals surface area (Å²) in [5, 5.41) is 3.05. The molecule has 1 aliphatic heterocycles. The van der Waals surface area contributed by atoms with Gasteiger partial charge in [-0.3, -0.25) is 14.5 Å². The molecule has 1 rings (SSSR count). The zero-order valence-electron chi connectivity index (χ0n) is 8.88. The summed E-state index contributed by atoms with van der Waals surface area (Å²) < 4.78 is 0. The van der Waals surface area contributed by atoms with Gasteiger partial charge in [0.05, 0.1) is 0 Å². The molecule has 4 heteroatoms. The standard InChI is InChI=1S/C10H18N2O2/c1-8(4-3-7-11-2)12-9(13)5-6-10(12)14/h8,11H,3-7H2,1-2H3. The highest BCUT2D eigenvalue weighted by molar-refractivity contribution is 6.02. The summed E-state index contributed by atoms with van der Waals surface area (Å²) in [7, 11) is 1.90. The topological polar surface area (TPSA) is 49.4 Å². The number of amides is 2. The predicted octanol–water partition coefficient (Wildman–Crippen LogP) is 0.523. The third-order valence-corrected chi connectivity index (χ3v) is 2.58. The van der Waals surface area contributed by atoms with Crippen molar-refractivity contribution in [2.45, 2.75) is 38.6 Å². The normalized spacial score (nSPS) is 19.1. The molecular formula is C10H18N2O2. The summed E-state index contributed by atoms with van der Waals surface area (Å²) in [6.07, 6.45) is 2.68. The molecule has 0 saturated carbocycles. The monoisotopic (exact) mass is 198 g/mol. The number of nitrogens with zero attached hydrogens (tertiary/aromatic N) is 1. The van der Waals surface area contributed by atoms with Crippen LogP contribution in [0.25, 0.3) is 0 Å². The van der Waals surface area contributed by atoms with E-state index in [-0.39, 0.29) is 17.9 Å². The molecule has 2 amide bonds. The Bertz CT molecular complexity index is 212. The van der Waals surface area contributed by atoms with E-state index in [1.165, 1.54) is 4.90 Å². The molecule has 1 N–H and O–H groups in total. The molecule has 0 aromatic rings. The van der Waals surface area contributed by atoms with Crippen molar-refractivity contribution in [2.75, 3.05) is 13.6 Å². The first kappa shape index (κ1) is 11.2. The lowest BCUT2D eigenvalue weighted by molar-refractivity contribution is -0.140. The van der Waals surface area contributed by atoms with Crippen LogP contribution in [0.15, 0.2) is 0 Å². The number of carbonyl (C=O) groups is 2. The lowest BCUT2D eigenvalue weighted by Crippen LogP contribution is -2.37. The minimum atomic E-state index is -0.00745. The number of likely N-dealkylation sites (tertiary alicyclic amines) is 1. The van der Waals surface area contributed by atoms with Crippen molar-refractivity contribution in [3.05, 3.63) is 0 Å². The van der Waals surface area contributed by atoms with Crippen LogP contribution in [-0.2, 0) is 9.59 Å². The molecule has 80 valence electrons. The van der Waals surface area contributed by atoms with Crippen LogP contribution >= 0.6 is 0 Å². The third-order valence-electron chi connectivity index (χ3n) is 2.58. The molecule has 1 fully saturated rings. The first-order valence-corrected chi connectivity index (χ1v) is 5.16. The Morgan fingerprint density at radius 3 is 2.43 bits per heavy atom. The molecule has 0 bridgehead atoms. The number of hydrogen-bond acceptors (Lipinski definition) is 3. The first-order chi connectivity index (χ1) is 6.66. The predicted molar refractivity (Wildman–Crippen MR) is 53.7 cm³/mol. The third kappa shape index (κ3) is 2.54. The fraction of sp³-hybridized carbons (Fsp3) is 0.800. The average molecular weight is 198 g/mol.